The largest absolute Gasteiger partial charge is 0.506 e. The number of aromatic nitrogens is 3. The van der Waals surface area contributed by atoms with Crippen LogP contribution in [0.4, 0.5) is 0 Å². The average molecular weight is 490 g/mol. The molecule has 0 aliphatic rings. The summed E-state index contributed by atoms with van der Waals surface area (Å²) in [6, 6.07) is 3.84. The van der Waals surface area contributed by atoms with E-state index in [-0.39, 0.29) is 5.75 Å². The van der Waals surface area contributed by atoms with Crippen molar-refractivity contribution in [1.82, 2.24) is 14.4 Å². The van der Waals surface area contributed by atoms with E-state index in [0.29, 0.717) is 21.1 Å². The van der Waals surface area contributed by atoms with Crippen LogP contribution in [0.5, 0.6) is 5.75 Å². The Labute approximate surface area is 153 Å². The highest BCUT2D eigenvalue weighted by molar-refractivity contribution is 9.11. The Bertz CT molecular complexity index is 838. The highest BCUT2D eigenvalue weighted by Gasteiger charge is 2.14. The number of imidazole rings is 1. The molecule has 3 rings (SSSR count). The van der Waals surface area contributed by atoms with Crippen LogP contribution in [0.3, 0.4) is 0 Å². The number of halogens is 3. The SMILES string of the molecule is CCc1nc2ncc(Br)cn2c1Cc1cc(Br)c(O)c(Br)c1. The maximum Gasteiger partial charge on any atom is 0.234 e. The van der Waals surface area contributed by atoms with Gasteiger partial charge in [0.05, 0.1) is 24.8 Å². The van der Waals surface area contributed by atoms with Crippen molar-refractivity contribution in [2.24, 2.45) is 0 Å². The Morgan fingerprint density at radius 1 is 1.18 bits per heavy atom. The van der Waals surface area contributed by atoms with Crippen molar-refractivity contribution in [1.29, 1.82) is 0 Å². The summed E-state index contributed by atoms with van der Waals surface area (Å²) in [5.41, 5.74) is 3.22. The molecule has 2 aromatic heterocycles. The zero-order valence-corrected chi connectivity index (χ0v) is 16.4. The van der Waals surface area contributed by atoms with Gasteiger partial charge in [0.1, 0.15) is 5.75 Å². The number of rotatable bonds is 3. The number of aryl methyl sites for hydroxylation is 1. The van der Waals surface area contributed by atoms with Gasteiger partial charge in [-0.05, 0) is 71.9 Å². The molecule has 4 nitrogen and oxygen atoms in total. The molecule has 0 spiro atoms. The molecule has 0 aliphatic heterocycles. The smallest absolute Gasteiger partial charge is 0.234 e. The Morgan fingerprint density at radius 3 is 2.50 bits per heavy atom. The molecule has 0 saturated carbocycles. The number of nitrogens with zero attached hydrogens (tertiary/aromatic N) is 3. The van der Waals surface area contributed by atoms with Crippen LogP contribution in [0.2, 0.25) is 0 Å². The van der Waals surface area contributed by atoms with E-state index in [4.69, 9.17) is 0 Å². The van der Waals surface area contributed by atoms with Crippen LogP contribution in [0.1, 0.15) is 23.9 Å². The van der Waals surface area contributed by atoms with Crippen molar-refractivity contribution in [3.05, 3.63) is 54.9 Å². The zero-order valence-electron chi connectivity index (χ0n) is 11.6. The van der Waals surface area contributed by atoms with Crippen molar-refractivity contribution in [2.75, 3.05) is 0 Å². The number of hydrogen-bond acceptors (Lipinski definition) is 3. The summed E-state index contributed by atoms with van der Waals surface area (Å²) in [5, 5.41) is 9.84. The molecule has 3 aromatic rings. The number of phenolic OH excluding ortho intramolecular Hbond substituents is 1. The van der Waals surface area contributed by atoms with Crippen LogP contribution in [0.25, 0.3) is 5.78 Å². The summed E-state index contributed by atoms with van der Waals surface area (Å²) in [5.74, 6) is 0.911. The number of aromatic hydroxyl groups is 1. The monoisotopic (exact) mass is 487 g/mol. The van der Waals surface area contributed by atoms with E-state index >= 15 is 0 Å². The van der Waals surface area contributed by atoms with Crippen LogP contribution in [0, 0.1) is 0 Å². The molecule has 0 unspecified atom stereocenters. The minimum absolute atomic E-state index is 0.210. The lowest BCUT2D eigenvalue weighted by atomic mass is 10.1. The lowest BCUT2D eigenvalue weighted by Crippen LogP contribution is -1.99. The molecule has 114 valence electrons. The number of phenols is 1. The van der Waals surface area contributed by atoms with Gasteiger partial charge in [-0.2, -0.15) is 0 Å². The Morgan fingerprint density at radius 2 is 1.86 bits per heavy atom. The van der Waals surface area contributed by atoms with Crippen molar-refractivity contribution in [3.63, 3.8) is 0 Å². The Kier molecular flexibility index (Phi) is 4.56. The number of hydrogen-bond donors (Lipinski definition) is 1. The second kappa shape index (κ2) is 6.29. The molecular formula is C15H12Br3N3O. The number of fused-ring (bicyclic) bond motifs is 1. The molecule has 2 heterocycles. The topological polar surface area (TPSA) is 50.4 Å². The molecule has 0 atom stereocenters. The summed E-state index contributed by atoms with van der Waals surface area (Å²) in [6.45, 7) is 2.09. The molecule has 0 saturated heterocycles. The highest BCUT2D eigenvalue weighted by Crippen LogP contribution is 2.34. The van der Waals surface area contributed by atoms with Crippen LogP contribution in [-0.2, 0) is 12.8 Å². The lowest BCUT2D eigenvalue weighted by molar-refractivity contribution is 0.468. The minimum atomic E-state index is 0.210. The molecule has 1 N–H and O–H groups in total. The molecule has 0 amide bonds. The van der Waals surface area contributed by atoms with Gasteiger partial charge in [0, 0.05) is 18.8 Å². The maximum absolute atomic E-state index is 9.84. The molecular weight excluding hydrogens is 478 g/mol. The van der Waals surface area contributed by atoms with Gasteiger partial charge in [0.2, 0.25) is 5.78 Å². The fourth-order valence-corrected chi connectivity index (χ4v) is 3.97. The zero-order chi connectivity index (χ0) is 15.9. The molecule has 7 heteroatoms. The van der Waals surface area contributed by atoms with E-state index in [1.165, 1.54) is 0 Å². The van der Waals surface area contributed by atoms with E-state index < -0.39 is 0 Å². The Balaban J connectivity index is 2.12. The normalized spacial score (nSPS) is 11.3. The summed E-state index contributed by atoms with van der Waals surface area (Å²) >= 11 is 10.2. The van der Waals surface area contributed by atoms with E-state index in [0.717, 1.165) is 27.8 Å². The summed E-state index contributed by atoms with van der Waals surface area (Å²) in [4.78, 5) is 8.94. The van der Waals surface area contributed by atoms with Crippen LogP contribution >= 0.6 is 47.8 Å². The molecule has 1 aromatic carbocycles. The predicted molar refractivity (Wildman–Crippen MR) is 96.4 cm³/mol. The second-order valence-corrected chi connectivity index (χ2v) is 7.51. The van der Waals surface area contributed by atoms with Gasteiger partial charge in [-0.1, -0.05) is 6.92 Å². The standard InChI is InChI=1S/C15H12Br3N3O/c1-2-12-13(21-7-9(16)6-19-15(21)20-12)5-8-3-10(17)14(22)11(18)4-8/h3-4,6-7,22H,2,5H2,1H3. The Hall–Kier alpha value is -0.920. The molecule has 22 heavy (non-hydrogen) atoms. The average Bonchev–Trinajstić information content (AvgIpc) is 2.82. The maximum atomic E-state index is 9.84. The molecule has 0 radical (unpaired) electrons. The first-order valence-electron chi connectivity index (χ1n) is 6.67. The van der Waals surface area contributed by atoms with Gasteiger partial charge in [-0.3, -0.25) is 4.40 Å². The van der Waals surface area contributed by atoms with Crippen molar-refractivity contribution in [3.8, 4) is 5.75 Å². The lowest BCUT2D eigenvalue weighted by Gasteiger charge is -2.08. The van der Waals surface area contributed by atoms with Gasteiger partial charge < -0.3 is 5.11 Å². The summed E-state index contributed by atoms with van der Waals surface area (Å²) < 4.78 is 4.26. The summed E-state index contributed by atoms with van der Waals surface area (Å²) in [7, 11) is 0. The molecule has 0 aliphatic carbocycles. The highest BCUT2D eigenvalue weighted by atomic mass is 79.9. The first-order chi connectivity index (χ1) is 10.5. The van der Waals surface area contributed by atoms with Gasteiger partial charge >= 0.3 is 0 Å². The van der Waals surface area contributed by atoms with Crippen molar-refractivity contribution >= 4 is 53.6 Å². The first kappa shape index (κ1) is 16.0. The first-order valence-corrected chi connectivity index (χ1v) is 9.05. The van der Waals surface area contributed by atoms with Gasteiger partial charge in [0.15, 0.2) is 0 Å². The third-order valence-corrected chi connectivity index (χ3v) is 5.03. The van der Waals surface area contributed by atoms with Gasteiger partial charge in [-0.15, -0.1) is 0 Å². The van der Waals surface area contributed by atoms with Crippen LogP contribution in [-0.4, -0.2) is 19.5 Å². The third kappa shape index (κ3) is 2.94. The molecule has 0 fully saturated rings. The number of benzene rings is 1. The minimum Gasteiger partial charge on any atom is -0.506 e. The van der Waals surface area contributed by atoms with Crippen molar-refractivity contribution < 1.29 is 5.11 Å². The second-order valence-electron chi connectivity index (χ2n) is 4.89. The van der Waals surface area contributed by atoms with Crippen LogP contribution in [0.15, 0.2) is 37.9 Å². The molecule has 0 bridgehead atoms. The van der Waals surface area contributed by atoms with E-state index in [2.05, 4.69) is 64.7 Å². The van der Waals surface area contributed by atoms with Crippen molar-refractivity contribution in [2.45, 2.75) is 19.8 Å². The fourth-order valence-electron chi connectivity index (χ4n) is 2.39. The predicted octanol–water partition coefficient (Wildman–Crippen LogP) is 4.88. The fraction of sp³-hybridized carbons (Fsp3) is 0.200. The van der Waals surface area contributed by atoms with Gasteiger partial charge in [-0.25, -0.2) is 9.97 Å². The van der Waals surface area contributed by atoms with Crippen LogP contribution < -0.4 is 0 Å². The quantitative estimate of drug-likeness (QED) is 0.570. The van der Waals surface area contributed by atoms with Gasteiger partial charge in [0.25, 0.3) is 0 Å². The third-order valence-electron chi connectivity index (χ3n) is 3.41. The van der Waals surface area contributed by atoms with E-state index in [1.54, 1.807) is 6.20 Å². The summed E-state index contributed by atoms with van der Waals surface area (Å²) in [6.07, 6.45) is 5.28. The van der Waals surface area contributed by atoms with E-state index in [1.807, 2.05) is 22.7 Å². The van der Waals surface area contributed by atoms with E-state index in [9.17, 15) is 5.11 Å².